The van der Waals surface area contributed by atoms with Gasteiger partial charge in [-0.15, -0.1) is 0 Å². The maximum Gasteiger partial charge on any atom is 0.100 e. The third-order valence-electron chi connectivity index (χ3n) is 1.32. The van der Waals surface area contributed by atoms with Gasteiger partial charge in [-0.3, -0.25) is 0 Å². The molecule has 1 aliphatic carbocycles. The van der Waals surface area contributed by atoms with Gasteiger partial charge in [-0.25, -0.2) is 4.39 Å². The van der Waals surface area contributed by atoms with Gasteiger partial charge < -0.3 is 4.74 Å². The molecule has 0 amide bonds. The molecule has 2 heteroatoms. The van der Waals surface area contributed by atoms with Crippen LogP contribution in [0.1, 0.15) is 12.8 Å². The van der Waals surface area contributed by atoms with Crippen molar-refractivity contribution >= 4 is 0 Å². The molecular weight excluding hydrogens is 119 g/mol. The molecule has 0 aromatic carbocycles. The zero-order chi connectivity index (χ0) is 6.69. The summed E-state index contributed by atoms with van der Waals surface area (Å²) in [5, 5.41) is 0. The second-order valence-electron chi connectivity index (χ2n) is 1.95. The summed E-state index contributed by atoms with van der Waals surface area (Å²) in [6, 6.07) is 0. The topological polar surface area (TPSA) is 9.23 Å². The Morgan fingerprint density at radius 3 is 2.67 bits per heavy atom. The summed E-state index contributed by atoms with van der Waals surface area (Å²) in [5.74, 6) is 0.798. The number of allylic oxidation sites excluding steroid dienone is 4. The van der Waals surface area contributed by atoms with Crippen molar-refractivity contribution in [3.63, 3.8) is 0 Å². The van der Waals surface area contributed by atoms with E-state index >= 15 is 0 Å². The van der Waals surface area contributed by atoms with E-state index < -0.39 is 0 Å². The summed E-state index contributed by atoms with van der Waals surface area (Å²) < 4.78 is 17.1. The molecule has 1 rings (SSSR count). The molecule has 1 aliphatic rings. The van der Waals surface area contributed by atoms with Crippen molar-refractivity contribution in [1.29, 1.82) is 0 Å². The minimum Gasteiger partial charge on any atom is -0.501 e. The summed E-state index contributed by atoms with van der Waals surface area (Å²) in [6.07, 6.45) is 4.29. The molecule has 0 atom stereocenters. The normalized spacial score (nSPS) is 18.4. The van der Waals surface area contributed by atoms with Crippen LogP contribution in [-0.2, 0) is 4.74 Å². The predicted octanol–water partition coefficient (Wildman–Crippen LogP) is 2.16. The van der Waals surface area contributed by atoms with Gasteiger partial charge in [0, 0.05) is 12.8 Å². The highest BCUT2D eigenvalue weighted by atomic mass is 19.1. The van der Waals surface area contributed by atoms with Crippen molar-refractivity contribution in [2.24, 2.45) is 0 Å². The molecule has 0 N–H and O–H groups in total. The molecular formula is C7H9FO. The lowest BCUT2D eigenvalue weighted by molar-refractivity contribution is 0.272. The molecule has 0 heterocycles. The van der Waals surface area contributed by atoms with Gasteiger partial charge in [-0.05, 0) is 12.2 Å². The molecule has 0 bridgehead atoms. The molecule has 50 valence electrons. The number of rotatable bonds is 1. The molecule has 0 spiro atoms. The number of halogens is 1. The number of methoxy groups -OCH3 is 1. The Balaban J connectivity index is 2.59. The van der Waals surface area contributed by atoms with Crippen molar-refractivity contribution in [2.75, 3.05) is 7.11 Å². The molecule has 0 aromatic heterocycles. The van der Waals surface area contributed by atoms with Crippen LogP contribution in [0.4, 0.5) is 4.39 Å². The molecule has 0 aliphatic heterocycles. The van der Waals surface area contributed by atoms with E-state index in [4.69, 9.17) is 4.74 Å². The smallest absolute Gasteiger partial charge is 0.100 e. The number of ether oxygens (including phenoxy) is 1. The fourth-order valence-electron chi connectivity index (χ4n) is 0.763. The first-order valence-corrected chi connectivity index (χ1v) is 2.92. The number of hydrogen-bond acceptors (Lipinski definition) is 1. The highest BCUT2D eigenvalue weighted by Crippen LogP contribution is 2.18. The Bertz CT molecular complexity index is 158. The molecule has 0 aromatic rings. The van der Waals surface area contributed by atoms with Gasteiger partial charge in [-0.2, -0.15) is 0 Å². The molecule has 1 nitrogen and oxygen atoms in total. The van der Waals surface area contributed by atoms with Gasteiger partial charge in [0.15, 0.2) is 0 Å². The van der Waals surface area contributed by atoms with Gasteiger partial charge in [0.25, 0.3) is 0 Å². The number of hydrogen-bond donors (Lipinski definition) is 0. The SMILES string of the molecule is COC1=CC=C(F)CC1. The highest BCUT2D eigenvalue weighted by molar-refractivity contribution is 5.16. The van der Waals surface area contributed by atoms with E-state index in [1.807, 2.05) is 0 Å². The Labute approximate surface area is 53.8 Å². The van der Waals surface area contributed by atoms with Crippen molar-refractivity contribution in [1.82, 2.24) is 0 Å². The van der Waals surface area contributed by atoms with Crippen LogP contribution in [0.5, 0.6) is 0 Å². The van der Waals surface area contributed by atoms with Gasteiger partial charge in [0.05, 0.1) is 12.9 Å². The third kappa shape index (κ3) is 1.56. The van der Waals surface area contributed by atoms with Gasteiger partial charge >= 0.3 is 0 Å². The summed E-state index contributed by atoms with van der Waals surface area (Å²) in [6.45, 7) is 0. The Kier molecular flexibility index (Phi) is 1.88. The second-order valence-corrected chi connectivity index (χ2v) is 1.95. The second kappa shape index (κ2) is 2.67. The maximum atomic E-state index is 12.3. The maximum absolute atomic E-state index is 12.3. The van der Waals surface area contributed by atoms with E-state index in [0.717, 1.165) is 5.76 Å². The standard InChI is InChI=1S/C7H9FO/c1-9-7-4-2-6(8)3-5-7/h2,4H,3,5H2,1H3. The van der Waals surface area contributed by atoms with Crippen LogP contribution >= 0.6 is 0 Å². The lowest BCUT2D eigenvalue weighted by Crippen LogP contribution is -1.91. The largest absolute Gasteiger partial charge is 0.501 e. The van der Waals surface area contributed by atoms with E-state index in [1.54, 1.807) is 13.2 Å². The van der Waals surface area contributed by atoms with Crippen LogP contribution in [-0.4, -0.2) is 7.11 Å². The first-order valence-electron chi connectivity index (χ1n) is 2.92. The van der Waals surface area contributed by atoms with E-state index in [9.17, 15) is 4.39 Å². The third-order valence-corrected chi connectivity index (χ3v) is 1.32. The Hall–Kier alpha value is -0.790. The molecule has 0 radical (unpaired) electrons. The van der Waals surface area contributed by atoms with Gasteiger partial charge in [-0.1, -0.05) is 0 Å². The molecule has 9 heavy (non-hydrogen) atoms. The van der Waals surface area contributed by atoms with Gasteiger partial charge in [0.1, 0.15) is 5.83 Å². The summed E-state index contributed by atoms with van der Waals surface area (Å²) >= 11 is 0. The minimum atomic E-state index is -0.0594. The van der Waals surface area contributed by atoms with Crippen LogP contribution in [0.2, 0.25) is 0 Å². The van der Waals surface area contributed by atoms with Crippen LogP contribution in [0, 0.1) is 0 Å². The van der Waals surface area contributed by atoms with Crippen molar-refractivity contribution in [3.8, 4) is 0 Å². The van der Waals surface area contributed by atoms with E-state index in [0.29, 0.717) is 12.8 Å². The predicted molar refractivity (Wildman–Crippen MR) is 33.5 cm³/mol. The average Bonchev–Trinajstić information content (AvgIpc) is 1.90. The molecule has 0 unspecified atom stereocenters. The zero-order valence-electron chi connectivity index (χ0n) is 5.36. The van der Waals surface area contributed by atoms with Crippen molar-refractivity contribution in [3.05, 3.63) is 23.7 Å². The highest BCUT2D eigenvalue weighted by Gasteiger charge is 2.03. The van der Waals surface area contributed by atoms with Crippen molar-refractivity contribution in [2.45, 2.75) is 12.8 Å². The Morgan fingerprint density at radius 1 is 1.44 bits per heavy atom. The van der Waals surface area contributed by atoms with Crippen LogP contribution < -0.4 is 0 Å². The first-order chi connectivity index (χ1) is 4.33. The summed E-state index contributed by atoms with van der Waals surface area (Å²) in [5.41, 5.74) is 0. The van der Waals surface area contributed by atoms with Crippen LogP contribution in [0.3, 0.4) is 0 Å². The average molecular weight is 128 g/mol. The summed E-state index contributed by atoms with van der Waals surface area (Å²) in [7, 11) is 1.60. The van der Waals surface area contributed by atoms with E-state index in [2.05, 4.69) is 0 Å². The fraction of sp³-hybridized carbons (Fsp3) is 0.429. The fourth-order valence-corrected chi connectivity index (χ4v) is 0.763. The van der Waals surface area contributed by atoms with Crippen molar-refractivity contribution < 1.29 is 9.13 Å². The van der Waals surface area contributed by atoms with Crippen LogP contribution in [0.25, 0.3) is 0 Å². The minimum absolute atomic E-state index is 0.0594. The van der Waals surface area contributed by atoms with Crippen LogP contribution in [0.15, 0.2) is 23.7 Å². The summed E-state index contributed by atoms with van der Waals surface area (Å²) in [4.78, 5) is 0. The lowest BCUT2D eigenvalue weighted by atomic mass is 10.1. The van der Waals surface area contributed by atoms with E-state index in [-0.39, 0.29) is 5.83 Å². The molecule has 0 fully saturated rings. The first kappa shape index (κ1) is 6.33. The quantitative estimate of drug-likeness (QED) is 0.525. The Morgan fingerprint density at radius 2 is 2.22 bits per heavy atom. The molecule has 0 saturated carbocycles. The zero-order valence-corrected chi connectivity index (χ0v) is 5.36. The van der Waals surface area contributed by atoms with Gasteiger partial charge in [0.2, 0.25) is 0 Å². The molecule has 0 saturated heterocycles. The monoisotopic (exact) mass is 128 g/mol. The van der Waals surface area contributed by atoms with E-state index in [1.165, 1.54) is 6.08 Å². The lowest BCUT2D eigenvalue weighted by Gasteiger charge is -2.07.